The number of methoxy groups -OCH3 is 3. The van der Waals surface area contributed by atoms with Gasteiger partial charge in [0.15, 0.2) is 24.0 Å². The SMILES string of the molecule is CC(C)(C)CC1CC(c2onc([C@@H](CCC(=O)O)CC(=O)CS(=O)(=O)C3CC3)c2C2CC2)C1.COC(=O)CC[C@@H](CC(=O)CS(=O)(=O)C1CC1)c1noc(C2CC(CC(C)(C)C)C2)c1C1CC1.COC(=O)CC[C@@H](CC(=O)O)c1noc(C2CC(CC(C)(C)C)C2)c1C1CC1.COC(=O)CC[C@@H](CC(=O)OC(C)(C)C)c1noc(C2CC(CC(C)(C)C)C2)c1C1CC1.ClC(Cl)Cl.NS(=O)(=O)C1CC1. The molecule has 11 aliphatic rings. The van der Waals surface area contributed by atoms with Crippen molar-refractivity contribution in [1.82, 2.24) is 20.6 Å². The lowest BCUT2D eigenvalue weighted by Gasteiger charge is -2.38. The summed E-state index contributed by atoms with van der Waals surface area (Å²) in [5, 5.41) is 40.1. The number of nitrogens with zero attached hydrogens (tertiary/aromatic N) is 4. The second-order valence-corrected chi connectivity index (χ2v) is 56.1. The third kappa shape index (κ3) is 36.8. The summed E-state index contributed by atoms with van der Waals surface area (Å²) in [6.45, 7) is 32.9. The van der Waals surface area contributed by atoms with Crippen molar-refractivity contribution in [1.29, 1.82) is 0 Å². The molecule has 15 rings (SSSR count). The molecule has 4 N–H and O–H groups in total. The minimum Gasteiger partial charge on any atom is -0.481 e. The average Bonchev–Trinajstić information content (AvgIpc) is 1.63. The average molecular weight is 2050 g/mol. The fourth-order valence-corrected chi connectivity index (χ4v) is 25.0. The molecule has 35 heteroatoms. The highest BCUT2D eigenvalue weighted by molar-refractivity contribution is 7.93. The molecular weight excluding hydrogens is 1890 g/mol. The Balaban J connectivity index is 0.000000183. The van der Waals surface area contributed by atoms with Crippen LogP contribution in [0.5, 0.6) is 0 Å². The van der Waals surface area contributed by atoms with Crippen molar-refractivity contribution in [3.05, 3.63) is 68.1 Å². The van der Waals surface area contributed by atoms with E-state index >= 15 is 0 Å². The summed E-state index contributed by atoms with van der Waals surface area (Å²) in [6, 6.07) is 0. The molecule has 0 aliphatic heterocycles. The zero-order valence-corrected chi connectivity index (χ0v) is 89.6. The topological polar surface area (TPSA) is 446 Å². The number of carboxylic acid groups (broad SMARTS) is 2. The molecule has 778 valence electrons. The maximum Gasteiger partial charge on any atom is 0.306 e. The van der Waals surface area contributed by atoms with Crippen molar-refractivity contribution in [3.63, 3.8) is 0 Å². The van der Waals surface area contributed by atoms with E-state index in [1.165, 1.54) is 52.6 Å². The lowest BCUT2D eigenvalue weighted by Crippen LogP contribution is -2.26. The number of carbonyl (C=O) groups is 8. The lowest BCUT2D eigenvalue weighted by atomic mass is 9.66. The molecule has 138 heavy (non-hydrogen) atoms. The summed E-state index contributed by atoms with van der Waals surface area (Å²) in [5.74, 6) is 4.06. The van der Waals surface area contributed by atoms with Gasteiger partial charge in [-0.15, -0.1) is 0 Å². The van der Waals surface area contributed by atoms with Gasteiger partial charge in [-0.05, 0) is 282 Å². The van der Waals surface area contributed by atoms with Gasteiger partial charge in [0, 0.05) is 108 Å². The second kappa shape index (κ2) is 48.1. The number of ether oxygens (including phenoxy) is 4. The molecule has 0 unspecified atom stereocenters. The van der Waals surface area contributed by atoms with E-state index in [9.17, 15) is 73.8 Å². The predicted molar refractivity (Wildman–Crippen MR) is 527 cm³/mol. The quantitative estimate of drug-likeness (QED) is 0.0210. The van der Waals surface area contributed by atoms with E-state index in [1.807, 2.05) is 20.8 Å². The number of halogens is 3. The Labute approximate surface area is 833 Å². The summed E-state index contributed by atoms with van der Waals surface area (Å²) in [7, 11) is -5.81. The van der Waals surface area contributed by atoms with Crippen LogP contribution in [0, 0.1) is 45.3 Å². The molecule has 11 fully saturated rings. The van der Waals surface area contributed by atoms with Crippen LogP contribution in [0.2, 0.25) is 0 Å². The van der Waals surface area contributed by atoms with Gasteiger partial charge in [0.05, 0.1) is 72.7 Å². The Morgan fingerprint density at radius 1 is 0.355 bits per heavy atom. The smallest absolute Gasteiger partial charge is 0.306 e. The molecule has 11 saturated carbocycles. The zero-order chi connectivity index (χ0) is 102. The van der Waals surface area contributed by atoms with Crippen LogP contribution in [0.1, 0.15) is 487 Å². The van der Waals surface area contributed by atoms with Crippen LogP contribution in [0.4, 0.5) is 0 Å². The van der Waals surface area contributed by atoms with Crippen molar-refractivity contribution in [3.8, 4) is 0 Å². The van der Waals surface area contributed by atoms with Gasteiger partial charge in [-0.3, -0.25) is 38.4 Å². The number of ketones is 2. The van der Waals surface area contributed by atoms with Gasteiger partial charge in [-0.1, -0.05) is 139 Å². The summed E-state index contributed by atoms with van der Waals surface area (Å²) < 4.78 is 112. The Kier molecular flexibility index (Phi) is 39.6. The number of primary sulfonamides is 1. The first-order valence-corrected chi connectivity index (χ1v) is 56.9. The molecule has 0 aromatic carbocycles. The second-order valence-electron chi connectivity index (χ2n) is 47.7. The van der Waals surface area contributed by atoms with Crippen LogP contribution < -0.4 is 5.14 Å². The van der Waals surface area contributed by atoms with Gasteiger partial charge < -0.3 is 47.3 Å². The first-order valence-electron chi connectivity index (χ1n) is 50.5. The first kappa shape index (κ1) is 114. The normalized spacial score (nSPS) is 22.9. The molecule has 11 aliphatic carbocycles. The number of sulfonamides is 1. The van der Waals surface area contributed by atoms with Gasteiger partial charge in [-0.2, -0.15) is 0 Å². The van der Waals surface area contributed by atoms with E-state index < -0.39 is 69.0 Å². The number of sulfone groups is 2. The number of nitrogens with two attached hydrogens (primary N) is 1. The van der Waals surface area contributed by atoms with Crippen molar-refractivity contribution >= 4 is 112 Å². The third-order valence-electron chi connectivity index (χ3n) is 28.1. The summed E-state index contributed by atoms with van der Waals surface area (Å²) in [6.07, 6.45) is 28.8. The highest BCUT2D eigenvalue weighted by Gasteiger charge is 2.50. The Morgan fingerprint density at radius 2 is 0.594 bits per heavy atom. The van der Waals surface area contributed by atoms with Gasteiger partial charge in [0.25, 0.3) is 0 Å². The van der Waals surface area contributed by atoms with E-state index in [-0.39, 0.29) is 127 Å². The molecule has 29 nitrogen and oxygen atoms in total. The number of hydrogen-bond acceptors (Lipinski definition) is 26. The molecule has 0 bridgehead atoms. The highest BCUT2D eigenvalue weighted by atomic mass is 35.6. The number of esters is 4. The molecule has 4 aromatic rings. The van der Waals surface area contributed by atoms with Crippen molar-refractivity contribution in [2.75, 3.05) is 32.8 Å². The van der Waals surface area contributed by atoms with E-state index in [0.717, 1.165) is 184 Å². The zero-order valence-electron chi connectivity index (χ0n) is 84.9. The van der Waals surface area contributed by atoms with Crippen LogP contribution in [0.25, 0.3) is 0 Å². The number of aliphatic carboxylic acids is 2. The molecule has 4 heterocycles. The summed E-state index contributed by atoms with van der Waals surface area (Å²) in [5.41, 5.74) is 8.39. The van der Waals surface area contributed by atoms with Crippen molar-refractivity contribution in [2.45, 2.75) is 445 Å². The Bertz CT molecular complexity index is 5120. The van der Waals surface area contributed by atoms with Gasteiger partial charge in [-0.25, -0.2) is 30.4 Å². The Morgan fingerprint density at radius 3 is 0.790 bits per heavy atom. The predicted octanol–water partition coefficient (Wildman–Crippen LogP) is 22.7. The largest absolute Gasteiger partial charge is 0.481 e. The number of Topliss-reactive ketones (excluding diaryl/α,β-unsaturated/α-hetero) is 2. The highest BCUT2D eigenvalue weighted by Crippen LogP contribution is 2.59. The van der Waals surface area contributed by atoms with Crippen LogP contribution in [-0.2, 0) is 87.0 Å². The number of rotatable bonds is 43. The molecule has 0 saturated heterocycles. The van der Waals surface area contributed by atoms with Gasteiger partial charge in [0.2, 0.25) is 10.0 Å². The van der Waals surface area contributed by atoms with Crippen LogP contribution >= 0.6 is 34.8 Å². The fourth-order valence-electron chi connectivity index (χ4n) is 20.9. The van der Waals surface area contributed by atoms with E-state index in [0.29, 0.717) is 131 Å². The number of aromatic nitrogens is 4. The van der Waals surface area contributed by atoms with Crippen molar-refractivity contribution in [2.24, 2.45) is 50.5 Å². The molecule has 4 aromatic heterocycles. The van der Waals surface area contributed by atoms with E-state index in [1.54, 1.807) is 0 Å². The van der Waals surface area contributed by atoms with Crippen LogP contribution in [0.15, 0.2) is 18.1 Å². The van der Waals surface area contributed by atoms with E-state index in [2.05, 4.69) is 104 Å². The minimum atomic E-state index is -3.39. The summed E-state index contributed by atoms with van der Waals surface area (Å²) in [4.78, 5) is 96.1. The monoisotopic (exact) mass is 2050 g/mol. The molecule has 4 atom stereocenters. The van der Waals surface area contributed by atoms with E-state index in [4.69, 9.17) is 77.0 Å². The van der Waals surface area contributed by atoms with Crippen LogP contribution in [-0.4, -0.2) is 162 Å². The number of carbonyl (C=O) groups excluding carboxylic acids is 6. The number of alkyl halides is 3. The van der Waals surface area contributed by atoms with Crippen molar-refractivity contribution < 1.29 is 111 Å². The fraction of sp³-hybridized carbons (Fsp3) is 0.806. The lowest BCUT2D eigenvalue weighted by molar-refractivity contribution is -0.156. The molecule has 0 radical (unpaired) electrons. The first-order chi connectivity index (χ1) is 64.3. The maximum atomic E-state index is 12.8. The molecular formula is C103H158Cl3N5O24S3. The van der Waals surface area contributed by atoms with Gasteiger partial charge >= 0.3 is 35.8 Å². The minimum absolute atomic E-state index is 0.00222. The van der Waals surface area contributed by atoms with Crippen LogP contribution in [0.3, 0.4) is 0 Å². The standard InChI is InChI=1S/C26H39NO6S.C26H41NO5.C25H37NO6S.C22H33NO5.C3H7NO2S.CHCl3/c1-26(2,3)14-16-11-19(12-16)25-23(17-5-6-17)24(27-33-25)18(7-10-22(29)32-4)13-20(28)15-34(30,31)21-8-9-21;1-25(2,3)15-16-12-19(13-16)24-22(17-8-9-17)23(27-32-24)18(10-11-20(28)30-7)14-21(29)31-26(4,5)6;1-25(2,3)13-15-10-18(11-15)24-22(16-4-5-16)23(26-32-24)17(6-9-21(28)29)12-19(27)14-33(30,31)20-7-8-20;1-22(2,3)12-13-9-16(10-13)21-19(14-5-6-14)20(23-28-21)15(11-17(24)25)7-8-18(26)27-4;4-7(5,6)3-1-2-3;2-1(3)4/h16-19,21H,5-15H2,1-4H3;16-19H,8-15H2,1-7H3;15-18,20H,4-14H2,1-3H3,(H,28,29);13-16H,5-12H2,1-4H3,(H,24,25);3H,1-2H2,(H2,4,5,6);1H/t2*16?,18-,19?;15?,17-,18?;13?,15-,16?;;/m0000../s1. The summed E-state index contributed by atoms with van der Waals surface area (Å²) >= 11 is 14.4. The maximum absolute atomic E-state index is 12.8. The third-order valence-corrected chi connectivity index (χ3v) is 33.9. The Hall–Kier alpha value is -6.32. The molecule has 0 spiro atoms. The molecule has 0 amide bonds. The van der Waals surface area contributed by atoms with Gasteiger partial charge in [0.1, 0.15) is 51.7 Å². The number of carboxylic acids is 2. The number of hydrogen-bond donors (Lipinski definition) is 3.